The number of rotatable bonds is 8. The van der Waals surface area contributed by atoms with Crippen molar-refractivity contribution in [2.75, 3.05) is 19.0 Å². The number of nitrogens with zero attached hydrogens (tertiary/aromatic N) is 3. The highest BCUT2D eigenvalue weighted by molar-refractivity contribution is 7.79. The first-order chi connectivity index (χ1) is 9.88. The molecule has 8 heteroatoms. The molecule has 0 aliphatic heterocycles. The van der Waals surface area contributed by atoms with Crippen LogP contribution in [0.15, 0.2) is 12.1 Å². The van der Waals surface area contributed by atoms with Crippen molar-refractivity contribution in [2.45, 2.75) is 37.9 Å². The number of hydrogen-bond acceptors (Lipinski definition) is 6. The Kier molecular flexibility index (Phi) is 6.70. The molecular weight excluding hydrogens is 294 g/mol. The summed E-state index contributed by atoms with van der Waals surface area (Å²) in [5.74, 6) is 0.501. The van der Waals surface area contributed by atoms with Gasteiger partial charge in [-0.3, -0.25) is 14.3 Å². The second-order valence-corrected chi connectivity index (χ2v) is 6.06. The van der Waals surface area contributed by atoms with Gasteiger partial charge in [-0.25, -0.2) is 4.98 Å². The smallest absolute Gasteiger partial charge is 0.292 e. The number of anilines is 1. The summed E-state index contributed by atoms with van der Waals surface area (Å²) in [4.78, 5) is 16.4. The maximum absolute atomic E-state index is 11.5. The highest BCUT2D eigenvalue weighted by atomic mass is 32.2. The Morgan fingerprint density at radius 2 is 2.05 bits per heavy atom. The van der Waals surface area contributed by atoms with Gasteiger partial charge in [0.1, 0.15) is 11.5 Å². The molecule has 0 aliphatic carbocycles. The van der Waals surface area contributed by atoms with Gasteiger partial charge in [-0.05, 0) is 23.6 Å². The van der Waals surface area contributed by atoms with Crippen LogP contribution in [-0.2, 0) is 11.1 Å². The molecule has 0 N–H and O–H groups in total. The summed E-state index contributed by atoms with van der Waals surface area (Å²) in [6.07, 6.45) is 2.87. The van der Waals surface area contributed by atoms with E-state index in [9.17, 15) is 18.9 Å². The first-order valence-corrected chi connectivity index (χ1v) is 7.93. The average molecular weight is 314 g/mol. The summed E-state index contributed by atoms with van der Waals surface area (Å²) in [7, 11) is 3.50. The SMILES string of the molecule is CCCCCC(c1nc(N(C)C)ccc1[N+](=O)[O-])S(=O)[O-]. The number of aromatic nitrogens is 1. The van der Waals surface area contributed by atoms with Gasteiger partial charge in [0, 0.05) is 20.2 Å². The van der Waals surface area contributed by atoms with Crippen molar-refractivity contribution >= 4 is 22.6 Å². The molecule has 0 bridgehead atoms. The van der Waals surface area contributed by atoms with Gasteiger partial charge < -0.3 is 9.45 Å². The van der Waals surface area contributed by atoms with E-state index in [1.807, 2.05) is 6.92 Å². The van der Waals surface area contributed by atoms with Crippen LogP contribution < -0.4 is 4.90 Å². The van der Waals surface area contributed by atoms with Crippen molar-refractivity contribution < 1.29 is 13.7 Å². The van der Waals surface area contributed by atoms with Crippen molar-refractivity contribution in [3.63, 3.8) is 0 Å². The molecule has 1 rings (SSSR count). The zero-order chi connectivity index (χ0) is 16.0. The monoisotopic (exact) mass is 314 g/mol. The topological polar surface area (TPSA) is 99.4 Å². The Morgan fingerprint density at radius 3 is 2.52 bits per heavy atom. The summed E-state index contributed by atoms with van der Waals surface area (Å²) in [6.45, 7) is 2.01. The van der Waals surface area contributed by atoms with E-state index in [0.29, 0.717) is 18.7 Å². The van der Waals surface area contributed by atoms with Crippen LogP contribution in [0.5, 0.6) is 0 Å². The molecule has 118 valence electrons. The van der Waals surface area contributed by atoms with Gasteiger partial charge in [0.2, 0.25) is 0 Å². The van der Waals surface area contributed by atoms with E-state index in [1.165, 1.54) is 12.1 Å². The third-order valence-corrected chi connectivity index (χ3v) is 4.07. The van der Waals surface area contributed by atoms with Gasteiger partial charge in [-0.15, -0.1) is 0 Å². The van der Waals surface area contributed by atoms with Gasteiger partial charge in [0.15, 0.2) is 0 Å². The Bertz CT molecular complexity index is 522. The van der Waals surface area contributed by atoms with Gasteiger partial charge in [0.05, 0.1) is 10.2 Å². The second-order valence-electron chi connectivity index (χ2n) is 4.97. The van der Waals surface area contributed by atoms with E-state index in [1.54, 1.807) is 19.0 Å². The number of nitro groups is 1. The van der Waals surface area contributed by atoms with E-state index in [-0.39, 0.29) is 11.4 Å². The molecule has 0 aromatic carbocycles. The van der Waals surface area contributed by atoms with E-state index < -0.39 is 21.3 Å². The first-order valence-electron chi connectivity index (χ1n) is 6.79. The standard InChI is InChI=1S/C13H21N3O4S/c1-4-5-6-7-11(21(19)20)13-10(16(17)18)8-9-12(14-13)15(2)3/h8-9,11H,4-7H2,1-3H3,(H,19,20)/p-1. The average Bonchev–Trinajstić information content (AvgIpc) is 2.42. The number of pyridine rings is 1. The van der Waals surface area contributed by atoms with Gasteiger partial charge >= 0.3 is 0 Å². The zero-order valence-corrected chi connectivity index (χ0v) is 13.3. The molecule has 2 unspecified atom stereocenters. The van der Waals surface area contributed by atoms with Gasteiger partial charge in [-0.1, -0.05) is 26.2 Å². The molecule has 1 aromatic heterocycles. The van der Waals surface area contributed by atoms with Crippen LogP contribution in [0.3, 0.4) is 0 Å². The Balaban J connectivity index is 3.22. The Morgan fingerprint density at radius 1 is 1.38 bits per heavy atom. The summed E-state index contributed by atoms with van der Waals surface area (Å²) in [5.41, 5.74) is -0.220. The number of hydrogen-bond donors (Lipinski definition) is 0. The quantitative estimate of drug-likeness (QED) is 0.316. The maximum atomic E-state index is 11.5. The van der Waals surface area contributed by atoms with E-state index in [2.05, 4.69) is 4.98 Å². The minimum absolute atomic E-state index is 0.0237. The molecule has 21 heavy (non-hydrogen) atoms. The Hall–Kier alpha value is -1.54. The van der Waals surface area contributed by atoms with E-state index >= 15 is 0 Å². The molecule has 0 fully saturated rings. The summed E-state index contributed by atoms with van der Waals surface area (Å²) < 4.78 is 22.9. The summed E-state index contributed by atoms with van der Waals surface area (Å²) >= 11 is -2.44. The first kappa shape index (κ1) is 17.5. The van der Waals surface area contributed by atoms with Crippen LogP contribution in [0, 0.1) is 10.1 Å². The molecular formula is C13H20N3O4S-. The van der Waals surface area contributed by atoms with Crippen molar-refractivity contribution in [1.29, 1.82) is 0 Å². The fraction of sp³-hybridized carbons (Fsp3) is 0.615. The third kappa shape index (κ3) is 4.75. The molecule has 2 atom stereocenters. The lowest BCUT2D eigenvalue weighted by atomic mass is 10.1. The van der Waals surface area contributed by atoms with Crippen LogP contribution in [0.1, 0.15) is 43.6 Å². The fourth-order valence-corrected chi connectivity index (χ4v) is 2.72. The molecule has 1 aromatic rings. The zero-order valence-electron chi connectivity index (χ0n) is 12.4. The van der Waals surface area contributed by atoms with Crippen molar-refractivity contribution in [3.8, 4) is 0 Å². The molecule has 0 spiro atoms. The molecule has 7 nitrogen and oxygen atoms in total. The summed E-state index contributed by atoms with van der Waals surface area (Å²) in [6, 6.07) is 2.83. The van der Waals surface area contributed by atoms with Crippen molar-refractivity contribution in [2.24, 2.45) is 0 Å². The minimum atomic E-state index is -2.44. The molecule has 0 aliphatic rings. The van der Waals surface area contributed by atoms with Gasteiger partial charge in [-0.2, -0.15) is 0 Å². The van der Waals surface area contributed by atoms with Gasteiger partial charge in [0.25, 0.3) is 5.69 Å². The second kappa shape index (κ2) is 8.04. The van der Waals surface area contributed by atoms with Crippen LogP contribution in [0.2, 0.25) is 0 Å². The van der Waals surface area contributed by atoms with E-state index in [4.69, 9.17) is 0 Å². The predicted octanol–water partition coefficient (Wildman–Crippen LogP) is 2.56. The maximum Gasteiger partial charge on any atom is 0.292 e. The van der Waals surface area contributed by atoms with Crippen molar-refractivity contribution in [3.05, 3.63) is 27.9 Å². The minimum Gasteiger partial charge on any atom is -0.772 e. The van der Waals surface area contributed by atoms with Crippen LogP contribution >= 0.6 is 0 Å². The lowest BCUT2D eigenvalue weighted by Crippen LogP contribution is -2.16. The fourth-order valence-electron chi connectivity index (χ4n) is 2.00. The van der Waals surface area contributed by atoms with E-state index in [0.717, 1.165) is 12.8 Å². The summed E-state index contributed by atoms with van der Waals surface area (Å²) in [5, 5.41) is 10.2. The molecule has 1 heterocycles. The lowest BCUT2D eigenvalue weighted by Gasteiger charge is -2.21. The number of unbranched alkanes of at least 4 members (excludes halogenated alkanes) is 2. The van der Waals surface area contributed by atoms with Crippen LogP contribution in [-0.4, -0.2) is 32.8 Å². The molecule has 0 amide bonds. The van der Waals surface area contributed by atoms with Crippen LogP contribution in [0.4, 0.5) is 11.5 Å². The lowest BCUT2D eigenvalue weighted by molar-refractivity contribution is -0.386. The highest BCUT2D eigenvalue weighted by Crippen LogP contribution is 2.32. The predicted molar refractivity (Wildman–Crippen MR) is 81.0 cm³/mol. The third-order valence-electron chi connectivity index (χ3n) is 3.15. The highest BCUT2D eigenvalue weighted by Gasteiger charge is 2.25. The van der Waals surface area contributed by atoms with Crippen molar-refractivity contribution in [1.82, 2.24) is 4.98 Å². The van der Waals surface area contributed by atoms with Crippen LogP contribution in [0.25, 0.3) is 0 Å². The molecule has 0 radical (unpaired) electrons. The molecule has 0 saturated heterocycles. The molecule has 0 saturated carbocycles. The largest absolute Gasteiger partial charge is 0.772 e. The normalized spacial score (nSPS) is 13.7. The Labute approximate surface area is 126 Å².